The van der Waals surface area contributed by atoms with Gasteiger partial charge in [0.25, 0.3) is 0 Å². The summed E-state index contributed by atoms with van der Waals surface area (Å²) < 4.78 is 12.0. The van der Waals surface area contributed by atoms with Crippen molar-refractivity contribution >= 4 is 94.4 Å². The van der Waals surface area contributed by atoms with Gasteiger partial charge in [-0.25, -0.2) is 0 Å². The van der Waals surface area contributed by atoms with E-state index in [4.69, 9.17) is 4.42 Å². The Morgan fingerprint density at radius 1 is 0.344 bits per heavy atom. The zero-order valence-corrected chi connectivity index (χ0v) is 35.9. The molecule has 3 nitrogen and oxygen atoms in total. The molecule has 13 aromatic rings. The topological polar surface area (TPSA) is 23.0 Å². The van der Waals surface area contributed by atoms with Crippen LogP contribution in [0.3, 0.4) is 0 Å². The van der Waals surface area contributed by atoms with Gasteiger partial charge in [-0.15, -0.1) is 0 Å². The van der Waals surface area contributed by atoms with E-state index in [2.05, 4.69) is 252 Å². The van der Waals surface area contributed by atoms with Gasteiger partial charge in [0.05, 0.1) is 27.8 Å². The molecule has 0 unspecified atom stereocenters. The van der Waals surface area contributed by atoms with E-state index in [1.54, 1.807) is 0 Å². The Morgan fingerprint density at radius 2 is 0.875 bits per heavy atom. The molecule has 3 aromatic heterocycles. The first-order valence-corrected chi connectivity index (χ1v) is 24.0. The molecule has 10 aromatic carbocycles. The predicted octanol–water partition coefficient (Wildman–Crippen LogP) is 12.8. The molecular weight excluding hydrogens is 793 g/mol. The second-order valence-corrected chi connectivity index (χ2v) is 20.5. The zero-order valence-electron chi connectivity index (χ0n) is 34.9. The Balaban J connectivity index is 1.05. The summed E-state index contributed by atoms with van der Waals surface area (Å²) in [7, 11) is -2.87. The van der Waals surface area contributed by atoms with E-state index in [-0.39, 0.29) is 0 Å². The van der Waals surface area contributed by atoms with Crippen LogP contribution in [0, 0.1) is 0 Å². The fraction of sp³-hybridized carbons (Fsp3) is 0. The van der Waals surface area contributed by atoms with Crippen LogP contribution < -0.4 is 20.7 Å². The lowest BCUT2D eigenvalue weighted by Crippen LogP contribution is -2.74. The van der Waals surface area contributed by atoms with E-state index < -0.39 is 8.07 Å². The number of fused-ring (bicyclic) bond motifs is 9. The molecule has 0 aliphatic carbocycles. The smallest absolute Gasteiger partial charge is 0.184 e. The van der Waals surface area contributed by atoms with Gasteiger partial charge in [-0.3, -0.25) is 0 Å². The molecule has 0 atom stereocenters. The number of rotatable bonds is 7. The van der Waals surface area contributed by atoms with Gasteiger partial charge >= 0.3 is 0 Å². The fourth-order valence-electron chi connectivity index (χ4n) is 10.9. The molecule has 0 saturated heterocycles. The molecule has 0 bridgehead atoms. The third kappa shape index (κ3) is 5.27. The molecule has 0 aliphatic heterocycles. The second-order valence-electron chi connectivity index (χ2n) is 16.8. The molecule has 0 amide bonds. The monoisotopic (exact) mass is 832 g/mol. The molecule has 0 radical (unpaired) electrons. The molecule has 3 heterocycles. The summed E-state index contributed by atoms with van der Waals surface area (Å²) in [6, 6.07) is 88.8. The van der Waals surface area contributed by atoms with Crippen LogP contribution in [0.2, 0.25) is 0 Å². The van der Waals surface area contributed by atoms with Crippen LogP contribution >= 0.6 is 0 Å². The summed E-state index contributed by atoms with van der Waals surface area (Å²) in [5.74, 6) is 0. The Labute approximate surface area is 371 Å². The van der Waals surface area contributed by atoms with Gasteiger partial charge in [-0.05, 0) is 86.5 Å². The van der Waals surface area contributed by atoms with Crippen LogP contribution in [0.25, 0.3) is 88.1 Å². The summed E-state index contributed by atoms with van der Waals surface area (Å²) >= 11 is 0. The third-order valence-electron chi connectivity index (χ3n) is 13.5. The van der Waals surface area contributed by atoms with E-state index in [0.717, 1.165) is 38.8 Å². The number of benzene rings is 10. The van der Waals surface area contributed by atoms with Crippen LogP contribution in [-0.4, -0.2) is 17.2 Å². The van der Waals surface area contributed by atoms with Gasteiger partial charge in [0, 0.05) is 38.0 Å². The number of para-hydroxylation sites is 4. The van der Waals surface area contributed by atoms with E-state index in [1.165, 1.54) is 70.0 Å². The van der Waals surface area contributed by atoms with Crippen molar-refractivity contribution in [1.82, 2.24) is 9.13 Å². The molecule has 0 spiro atoms. The van der Waals surface area contributed by atoms with Crippen molar-refractivity contribution in [3.8, 4) is 22.5 Å². The van der Waals surface area contributed by atoms with Crippen molar-refractivity contribution < 1.29 is 4.42 Å². The second kappa shape index (κ2) is 14.5. The lowest BCUT2D eigenvalue weighted by atomic mass is 9.98. The SMILES string of the molecule is c1ccc(-n2c3ccccc3c3c(-n4c5ccccc5c5cc(-c6cccc7oc8c([Si](c9ccccc9)(c9ccccc9)c9ccccc9)cccc8c67)ccc54)cccc32)cc1. The van der Waals surface area contributed by atoms with Gasteiger partial charge in [-0.2, -0.15) is 0 Å². The maximum absolute atomic E-state index is 7.17. The van der Waals surface area contributed by atoms with E-state index in [9.17, 15) is 0 Å². The third-order valence-corrected chi connectivity index (χ3v) is 18.3. The Hall–Kier alpha value is -8.18. The number of nitrogens with zero attached hydrogens (tertiary/aromatic N) is 2. The van der Waals surface area contributed by atoms with Gasteiger partial charge in [0.2, 0.25) is 0 Å². The van der Waals surface area contributed by atoms with Crippen LogP contribution in [0.1, 0.15) is 0 Å². The Bertz CT molecular complexity index is 3790. The van der Waals surface area contributed by atoms with Crippen molar-refractivity contribution in [3.63, 3.8) is 0 Å². The summed E-state index contributed by atoms with van der Waals surface area (Å²) in [6.07, 6.45) is 0. The number of hydrogen-bond acceptors (Lipinski definition) is 1. The molecule has 64 heavy (non-hydrogen) atoms. The van der Waals surface area contributed by atoms with Gasteiger partial charge < -0.3 is 13.6 Å². The highest BCUT2D eigenvalue weighted by Gasteiger charge is 2.43. The Morgan fingerprint density at radius 3 is 1.56 bits per heavy atom. The highest BCUT2D eigenvalue weighted by atomic mass is 28.3. The van der Waals surface area contributed by atoms with Crippen molar-refractivity contribution in [3.05, 3.63) is 243 Å². The van der Waals surface area contributed by atoms with Crippen LogP contribution in [0.15, 0.2) is 247 Å². The quantitative estimate of drug-likeness (QED) is 0.116. The molecule has 13 rings (SSSR count). The lowest BCUT2D eigenvalue weighted by molar-refractivity contribution is 0.671. The fourth-order valence-corrected chi connectivity index (χ4v) is 15.7. The van der Waals surface area contributed by atoms with Crippen molar-refractivity contribution in [2.75, 3.05) is 0 Å². The normalized spacial score (nSPS) is 12.1. The highest BCUT2D eigenvalue weighted by Crippen LogP contribution is 2.42. The van der Waals surface area contributed by atoms with Crippen molar-refractivity contribution in [2.45, 2.75) is 0 Å². The summed E-state index contributed by atoms with van der Waals surface area (Å²) in [4.78, 5) is 0. The van der Waals surface area contributed by atoms with Gasteiger partial charge in [-0.1, -0.05) is 188 Å². The van der Waals surface area contributed by atoms with Gasteiger partial charge in [0.15, 0.2) is 8.07 Å². The van der Waals surface area contributed by atoms with E-state index >= 15 is 0 Å². The van der Waals surface area contributed by atoms with E-state index in [0.29, 0.717) is 0 Å². The number of furan rings is 1. The molecule has 0 saturated carbocycles. The lowest BCUT2D eigenvalue weighted by Gasteiger charge is -2.34. The first-order chi connectivity index (χ1) is 31.8. The molecule has 4 heteroatoms. The van der Waals surface area contributed by atoms with Crippen molar-refractivity contribution in [2.24, 2.45) is 0 Å². The Kier molecular flexibility index (Phi) is 8.23. The predicted molar refractivity (Wildman–Crippen MR) is 271 cm³/mol. The standard InChI is InChI=1S/C60H40N2OSi/c1-5-20-42(21-6-1)61-52-33-16-14-29-48(52)59-54(61)34-19-35-55(59)62-51-32-15-13-28-47(51)50-40-41(38-39-53(50)62)46-30-17-36-56-58(46)49-31-18-37-57(60(49)63-56)64(43-22-7-2-8-23-43,44-24-9-3-10-25-44)45-26-11-4-12-27-45/h1-40H. The maximum Gasteiger partial charge on any atom is 0.184 e. The van der Waals surface area contributed by atoms with E-state index in [1.807, 2.05) is 0 Å². The number of hydrogen-bond donors (Lipinski definition) is 0. The van der Waals surface area contributed by atoms with Gasteiger partial charge in [0.1, 0.15) is 11.2 Å². The molecular formula is C60H40N2OSi. The minimum Gasteiger partial charge on any atom is -0.456 e. The molecule has 0 fully saturated rings. The molecule has 300 valence electrons. The average molecular weight is 833 g/mol. The highest BCUT2D eigenvalue weighted by molar-refractivity contribution is 7.20. The maximum atomic E-state index is 7.17. The molecule has 0 N–H and O–H groups in total. The average Bonchev–Trinajstić information content (AvgIpc) is 4.04. The molecule has 0 aliphatic rings. The van der Waals surface area contributed by atoms with Crippen LogP contribution in [0.4, 0.5) is 0 Å². The van der Waals surface area contributed by atoms with Crippen LogP contribution in [-0.2, 0) is 0 Å². The number of aromatic nitrogens is 2. The first-order valence-electron chi connectivity index (χ1n) is 22.0. The first kappa shape index (κ1) is 36.5. The van der Waals surface area contributed by atoms with Crippen LogP contribution in [0.5, 0.6) is 0 Å². The van der Waals surface area contributed by atoms with Crippen molar-refractivity contribution in [1.29, 1.82) is 0 Å². The zero-order chi connectivity index (χ0) is 42.2. The minimum absolute atomic E-state index is 0.890. The summed E-state index contributed by atoms with van der Waals surface area (Å²) in [5, 5.41) is 12.4. The summed E-state index contributed by atoms with van der Waals surface area (Å²) in [6.45, 7) is 0. The summed E-state index contributed by atoms with van der Waals surface area (Å²) in [5.41, 5.74) is 11.2. The largest absolute Gasteiger partial charge is 0.456 e. The minimum atomic E-state index is -2.87.